The quantitative estimate of drug-likeness (QED) is 0.666. The van der Waals surface area contributed by atoms with E-state index in [1.54, 1.807) is 0 Å². The molecular formula is C13H25N. The second kappa shape index (κ2) is 4.65. The summed E-state index contributed by atoms with van der Waals surface area (Å²) in [5.41, 5.74) is 0. The number of rotatable bonds is 4. The van der Waals surface area contributed by atoms with Gasteiger partial charge in [0.25, 0.3) is 0 Å². The van der Waals surface area contributed by atoms with Crippen molar-refractivity contribution in [3.63, 3.8) is 0 Å². The first-order valence-electron chi connectivity index (χ1n) is 6.42. The summed E-state index contributed by atoms with van der Waals surface area (Å²) >= 11 is 0. The van der Waals surface area contributed by atoms with E-state index in [9.17, 15) is 0 Å². The zero-order valence-electron chi connectivity index (χ0n) is 9.84. The van der Waals surface area contributed by atoms with Crippen LogP contribution in [0.2, 0.25) is 0 Å². The van der Waals surface area contributed by atoms with Gasteiger partial charge in [-0.15, -0.1) is 0 Å². The fourth-order valence-electron chi connectivity index (χ4n) is 3.12. The molecule has 2 aliphatic rings. The summed E-state index contributed by atoms with van der Waals surface area (Å²) in [6.07, 6.45) is 8.91. The highest BCUT2D eigenvalue weighted by atomic mass is 15.1. The van der Waals surface area contributed by atoms with Crippen molar-refractivity contribution in [1.29, 1.82) is 0 Å². The van der Waals surface area contributed by atoms with Crippen molar-refractivity contribution >= 4 is 0 Å². The lowest BCUT2D eigenvalue weighted by atomic mass is 9.85. The summed E-state index contributed by atoms with van der Waals surface area (Å²) in [5.74, 6) is 3.05. The summed E-state index contributed by atoms with van der Waals surface area (Å²) < 4.78 is 0. The van der Waals surface area contributed by atoms with Gasteiger partial charge in [-0.1, -0.05) is 19.8 Å². The summed E-state index contributed by atoms with van der Waals surface area (Å²) in [6.45, 7) is 5.14. The van der Waals surface area contributed by atoms with Gasteiger partial charge in [-0.05, 0) is 50.5 Å². The third kappa shape index (κ3) is 2.73. The zero-order chi connectivity index (χ0) is 9.97. The van der Waals surface area contributed by atoms with Crippen molar-refractivity contribution in [3.05, 3.63) is 0 Å². The lowest BCUT2D eigenvalue weighted by Gasteiger charge is -2.31. The average molecular weight is 195 g/mol. The molecule has 2 fully saturated rings. The molecule has 0 amide bonds. The first-order chi connectivity index (χ1) is 6.74. The van der Waals surface area contributed by atoms with Gasteiger partial charge in [0.05, 0.1) is 0 Å². The van der Waals surface area contributed by atoms with E-state index in [4.69, 9.17) is 0 Å². The molecule has 0 N–H and O–H groups in total. The molecule has 1 nitrogen and oxygen atoms in total. The number of nitrogens with zero attached hydrogens (tertiary/aromatic N) is 1. The van der Waals surface area contributed by atoms with Crippen LogP contribution in [0, 0.1) is 17.8 Å². The topological polar surface area (TPSA) is 3.24 Å². The minimum atomic E-state index is 0.997. The van der Waals surface area contributed by atoms with Crippen LogP contribution < -0.4 is 0 Å². The first kappa shape index (κ1) is 10.5. The summed E-state index contributed by atoms with van der Waals surface area (Å²) in [5, 5.41) is 0. The van der Waals surface area contributed by atoms with Gasteiger partial charge < -0.3 is 4.90 Å². The SMILES string of the molecule is C[C@H]1CCC(CN(C)CC2CCC2)C1. The fourth-order valence-corrected chi connectivity index (χ4v) is 3.12. The molecule has 0 aliphatic heterocycles. The molecule has 0 spiro atoms. The molecule has 0 heterocycles. The Morgan fingerprint density at radius 2 is 1.71 bits per heavy atom. The smallest absolute Gasteiger partial charge is 0.000682 e. The van der Waals surface area contributed by atoms with Crippen LogP contribution >= 0.6 is 0 Å². The molecule has 0 aromatic rings. The van der Waals surface area contributed by atoms with E-state index >= 15 is 0 Å². The van der Waals surface area contributed by atoms with E-state index in [1.165, 1.54) is 51.6 Å². The van der Waals surface area contributed by atoms with Crippen molar-refractivity contribution in [3.8, 4) is 0 Å². The predicted octanol–water partition coefficient (Wildman–Crippen LogP) is 3.15. The van der Waals surface area contributed by atoms with Gasteiger partial charge in [0, 0.05) is 13.1 Å². The Hall–Kier alpha value is -0.0400. The lowest BCUT2D eigenvalue weighted by molar-refractivity contribution is 0.185. The van der Waals surface area contributed by atoms with E-state index in [-0.39, 0.29) is 0 Å². The highest BCUT2D eigenvalue weighted by molar-refractivity contribution is 4.77. The summed E-state index contributed by atoms with van der Waals surface area (Å²) in [6, 6.07) is 0. The Labute approximate surface area is 88.9 Å². The molecule has 1 heteroatoms. The van der Waals surface area contributed by atoms with E-state index in [0.29, 0.717) is 0 Å². The molecule has 0 aromatic carbocycles. The molecule has 0 aromatic heterocycles. The molecule has 14 heavy (non-hydrogen) atoms. The van der Waals surface area contributed by atoms with Crippen molar-refractivity contribution < 1.29 is 0 Å². The zero-order valence-corrected chi connectivity index (χ0v) is 9.84. The van der Waals surface area contributed by atoms with Crippen LogP contribution in [0.1, 0.15) is 45.4 Å². The van der Waals surface area contributed by atoms with Crippen LogP contribution in [0.4, 0.5) is 0 Å². The second-order valence-corrected chi connectivity index (χ2v) is 5.80. The van der Waals surface area contributed by atoms with E-state index < -0.39 is 0 Å². The Kier molecular flexibility index (Phi) is 3.48. The molecule has 2 aliphatic carbocycles. The molecule has 2 saturated carbocycles. The minimum absolute atomic E-state index is 0.997. The van der Waals surface area contributed by atoms with Gasteiger partial charge in [0.15, 0.2) is 0 Å². The van der Waals surface area contributed by atoms with Crippen LogP contribution in [-0.4, -0.2) is 25.0 Å². The highest BCUT2D eigenvalue weighted by Gasteiger charge is 2.24. The second-order valence-electron chi connectivity index (χ2n) is 5.80. The van der Waals surface area contributed by atoms with Crippen LogP contribution in [0.15, 0.2) is 0 Å². The van der Waals surface area contributed by atoms with E-state index in [2.05, 4.69) is 18.9 Å². The predicted molar refractivity (Wildman–Crippen MR) is 61.3 cm³/mol. The largest absolute Gasteiger partial charge is 0.306 e. The van der Waals surface area contributed by atoms with E-state index in [1.807, 2.05) is 0 Å². The molecule has 0 radical (unpaired) electrons. The van der Waals surface area contributed by atoms with Crippen molar-refractivity contribution in [2.24, 2.45) is 17.8 Å². The van der Waals surface area contributed by atoms with Gasteiger partial charge in [-0.3, -0.25) is 0 Å². The molecule has 82 valence electrons. The van der Waals surface area contributed by atoms with Crippen molar-refractivity contribution in [2.75, 3.05) is 20.1 Å². The monoisotopic (exact) mass is 195 g/mol. The maximum atomic E-state index is 2.59. The van der Waals surface area contributed by atoms with Gasteiger partial charge >= 0.3 is 0 Å². The Morgan fingerprint density at radius 1 is 1.00 bits per heavy atom. The summed E-state index contributed by atoms with van der Waals surface area (Å²) in [4.78, 5) is 2.59. The minimum Gasteiger partial charge on any atom is -0.306 e. The van der Waals surface area contributed by atoms with Gasteiger partial charge in [-0.25, -0.2) is 0 Å². The third-order valence-corrected chi connectivity index (χ3v) is 4.17. The van der Waals surface area contributed by atoms with Gasteiger partial charge in [0.1, 0.15) is 0 Å². The first-order valence-corrected chi connectivity index (χ1v) is 6.42. The number of hydrogen-bond donors (Lipinski definition) is 0. The Balaban J connectivity index is 1.63. The van der Waals surface area contributed by atoms with Crippen molar-refractivity contribution in [2.45, 2.75) is 45.4 Å². The highest BCUT2D eigenvalue weighted by Crippen LogP contribution is 2.32. The molecule has 0 bridgehead atoms. The maximum absolute atomic E-state index is 2.59. The normalized spacial score (nSPS) is 33.6. The standard InChI is InChI=1S/C13H25N/c1-11-6-7-13(8-11)10-14(2)9-12-4-3-5-12/h11-13H,3-10H2,1-2H3/t11-,13?/m0/s1. The Bertz CT molecular complexity index is 174. The molecule has 0 saturated heterocycles. The molecular weight excluding hydrogens is 170 g/mol. The maximum Gasteiger partial charge on any atom is 0.000682 e. The van der Waals surface area contributed by atoms with Gasteiger partial charge in [0.2, 0.25) is 0 Å². The third-order valence-electron chi connectivity index (χ3n) is 4.17. The molecule has 2 rings (SSSR count). The molecule has 2 atom stereocenters. The van der Waals surface area contributed by atoms with Crippen LogP contribution in [0.3, 0.4) is 0 Å². The molecule has 1 unspecified atom stereocenters. The van der Waals surface area contributed by atoms with Crippen LogP contribution in [0.25, 0.3) is 0 Å². The fraction of sp³-hybridized carbons (Fsp3) is 1.00. The van der Waals surface area contributed by atoms with Gasteiger partial charge in [-0.2, -0.15) is 0 Å². The number of hydrogen-bond acceptors (Lipinski definition) is 1. The average Bonchev–Trinajstić information content (AvgIpc) is 2.44. The summed E-state index contributed by atoms with van der Waals surface area (Å²) in [7, 11) is 2.32. The Morgan fingerprint density at radius 3 is 2.21 bits per heavy atom. The van der Waals surface area contributed by atoms with Crippen molar-refractivity contribution in [1.82, 2.24) is 4.90 Å². The van der Waals surface area contributed by atoms with Crippen LogP contribution in [-0.2, 0) is 0 Å². The lowest BCUT2D eigenvalue weighted by Crippen LogP contribution is -2.32. The van der Waals surface area contributed by atoms with E-state index in [0.717, 1.165) is 17.8 Å². The van der Waals surface area contributed by atoms with Crippen LogP contribution in [0.5, 0.6) is 0 Å².